The number of phenolic OH excluding ortho intramolecular Hbond substituents is 1. The summed E-state index contributed by atoms with van der Waals surface area (Å²) in [4.78, 5) is 0.909. The molecular formula is C10H14O2S. The lowest BCUT2D eigenvalue weighted by atomic mass is 10.3. The van der Waals surface area contributed by atoms with Crippen LogP contribution in [0, 0.1) is 0 Å². The van der Waals surface area contributed by atoms with Crippen LogP contribution >= 0.6 is 11.8 Å². The van der Waals surface area contributed by atoms with E-state index in [1.807, 2.05) is 25.1 Å². The smallest absolute Gasteiger partial charge is 0.129 e. The van der Waals surface area contributed by atoms with Crippen molar-refractivity contribution in [2.45, 2.75) is 17.9 Å². The zero-order valence-electron chi connectivity index (χ0n) is 7.86. The quantitative estimate of drug-likeness (QED) is 0.754. The van der Waals surface area contributed by atoms with Gasteiger partial charge in [-0.05, 0) is 19.1 Å². The standard InChI is InChI=1S/C10H14O2S/c1-8(12-2)7-13-10-6-4-3-5-9(10)11/h3-6,8,11H,7H2,1-2H3. The van der Waals surface area contributed by atoms with E-state index in [1.165, 1.54) is 0 Å². The summed E-state index contributed by atoms with van der Waals surface area (Å²) in [5.41, 5.74) is 0. The minimum Gasteiger partial charge on any atom is -0.507 e. The van der Waals surface area contributed by atoms with E-state index in [0.29, 0.717) is 5.75 Å². The molecule has 1 aromatic rings. The summed E-state index contributed by atoms with van der Waals surface area (Å²) in [5.74, 6) is 1.20. The molecule has 0 saturated carbocycles. The Kier molecular flexibility index (Phi) is 4.12. The minimum absolute atomic E-state index is 0.213. The van der Waals surface area contributed by atoms with E-state index in [9.17, 15) is 5.11 Å². The molecule has 0 amide bonds. The number of aromatic hydroxyl groups is 1. The number of phenols is 1. The van der Waals surface area contributed by atoms with Crippen LogP contribution < -0.4 is 0 Å². The zero-order valence-corrected chi connectivity index (χ0v) is 8.67. The van der Waals surface area contributed by atoms with Gasteiger partial charge in [0.1, 0.15) is 5.75 Å². The van der Waals surface area contributed by atoms with Crippen LogP contribution in [0.4, 0.5) is 0 Å². The van der Waals surface area contributed by atoms with Crippen molar-refractivity contribution in [3.05, 3.63) is 24.3 Å². The van der Waals surface area contributed by atoms with Gasteiger partial charge in [0.05, 0.1) is 6.10 Å². The van der Waals surface area contributed by atoms with Crippen LogP contribution in [0.25, 0.3) is 0 Å². The Labute approximate surface area is 82.9 Å². The molecule has 0 saturated heterocycles. The number of rotatable bonds is 4. The zero-order chi connectivity index (χ0) is 9.68. The summed E-state index contributed by atoms with van der Waals surface area (Å²) >= 11 is 1.60. The van der Waals surface area contributed by atoms with Gasteiger partial charge in [-0.15, -0.1) is 11.8 Å². The Morgan fingerprint density at radius 3 is 2.77 bits per heavy atom. The number of benzene rings is 1. The van der Waals surface area contributed by atoms with Gasteiger partial charge in [0, 0.05) is 17.8 Å². The molecule has 0 aliphatic heterocycles. The lowest BCUT2D eigenvalue weighted by Crippen LogP contribution is -2.07. The molecule has 1 rings (SSSR count). The van der Waals surface area contributed by atoms with Gasteiger partial charge in [-0.3, -0.25) is 0 Å². The molecule has 0 aliphatic carbocycles. The molecule has 2 nitrogen and oxygen atoms in total. The summed E-state index contributed by atoms with van der Waals surface area (Å²) in [6.45, 7) is 2.01. The van der Waals surface area contributed by atoms with Gasteiger partial charge in [-0.2, -0.15) is 0 Å². The highest BCUT2D eigenvalue weighted by Gasteiger charge is 2.03. The van der Waals surface area contributed by atoms with Crippen LogP contribution in [0.1, 0.15) is 6.92 Å². The maximum absolute atomic E-state index is 9.43. The van der Waals surface area contributed by atoms with E-state index in [2.05, 4.69) is 0 Å². The van der Waals surface area contributed by atoms with Crippen molar-refractivity contribution in [3.63, 3.8) is 0 Å². The molecule has 0 spiro atoms. The second-order valence-corrected chi connectivity index (χ2v) is 3.89. The van der Waals surface area contributed by atoms with Crippen LogP contribution in [0.2, 0.25) is 0 Å². The first kappa shape index (κ1) is 10.4. The van der Waals surface area contributed by atoms with E-state index in [-0.39, 0.29) is 6.10 Å². The number of para-hydroxylation sites is 1. The molecule has 0 bridgehead atoms. The highest BCUT2D eigenvalue weighted by molar-refractivity contribution is 7.99. The third kappa shape index (κ3) is 3.28. The molecular weight excluding hydrogens is 184 g/mol. The van der Waals surface area contributed by atoms with Crippen LogP contribution in [-0.4, -0.2) is 24.1 Å². The Hall–Kier alpha value is -0.670. The van der Waals surface area contributed by atoms with Gasteiger partial charge < -0.3 is 9.84 Å². The highest BCUT2D eigenvalue weighted by Crippen LogP contribution is 2.28. The summed E-state index contributed by atoms with van der Waals surface area (Å²) in [5, 5.41) is 9.43. The number of thioether (sulfide) groups is 1. The minimum atomic E-state index is 0.213. The summed E-state index contributed by atoms with van der Waals surface area (Å²) in [7, 11) is 1.69. The van der Waals surface area contributed by atoms with Crippen LogP contribution in [-0.2, 0) is 4.74 Å². The molecule has 13 heavy (non-hydrogen) atoms. The summed E-state index contributed by atoms with van der Waals surface area (Å²) < 4.78 is 5.11. The molecule has 0 heterocycles. The Morgan fingerprint density at radius 2 is 2.15 bits per heavy atom. The Balaban J connectivity index is 2.50. The maximum atomic E-state index is 9.43. The van der Waals surface area contributed by atoms with Gasteiger partial charge in [0.25, 0.3) is 0 Å². The number of hydrogen-bond acceptors (Lipinski definition) is 3. The third-order valence-electron chi connectivity index (χ3n) is 1.74. The predicted molar refractivity (Wildman–Crippen MR) is 55.3 cm³/mol. The molecule has 0 radical (unpaired) electrons. The lowest BCUT2D eigenvalue weighted by Gasteiger charge is -2.09. The SMILES string of the molecule is COC(C)CSc1ccccc1O. The topological polar surface area (TPSA) is 29.5 Å². The van der Waals surface area contributed by atoms with Gasteiger partial charge in [-0.1, -0.05) is 12.1 Å². The van der Waals surface area contributed by atoms with Crippen LogP contribution in [0.5, 0.6) is 5.75 Å². The van der Waals surface area contributed by atoms with Crippen LogP contribution in [0.15, 0.2) is 29.2 Å². The molecule has 0 aliphatic rings. The largest absolute Gasteiger partial charge is 0.507 e. The van der Waals surface area contributed by atoms with Gasteiger partial charge in [0.2, 0.25) is 0 Å². The number of hydrogen-bond donors (Lipinski definition) is 1. The molecule has 72 valence electrons. The van der Waals surface area contributed by atoms with Crippen molar-refractivity contribution < 1.29 is 9.84 Å². The Bertz CT molecular complexity index is 263. The van der Waals surface area contributed by atoms with E-state index >= 15 is 0 Å². The highest BCUT2D eigenvalue weighted by atomic mass is 32.2. The molecule has 1 aromatic carbocycles. The molecule has 1 N–H and O–H groups in total. The third-order valence-corrected chi connectivity index (χ3v) is 3.03. The van der Waals surface area contributed by atoms with Crippen LogP contribution in [0.3, 0.4) is 0 Å². The first-order valence-electron chi connectivity index (χ1n) is 4.17. The van der Waals surface area contributed by atoms with Crippen molar-refractivity contribution in [1.82, 2.24) is 0 Å². The Morgan fingerprint density at radius 1 is 1.46 bits per heavy atom. The summed E-state index contributed by atoms with van der Waals surface area (Å²) in [6, 6.07) is 7.33. The van der Waals surface area contributed by atoms with Gasteiger partial charge >= 0.3 is 0 Å². The van der Waals surface area contributed by atoms with E-state index in [0.717, 1.165) is 10.6 Å². The molecule has 0 fully saturated rings. The van der Waals surface area contributed by atoms with Crippen molar-refractivity contribution in [2.75, 3.05) is 12.9 Å². The number of ether oxygens (including phenoxy) is 1. The van der Waals surface area contributed by atoms with Crippen molar-refractivity contribution in [3.8, 4) is 5.75 Å². The number of methoxy groups -OCH3 is 1. The fourth-order valence-corrected chi connectivity index (χ4v) is 1.80. The van der Waals surface area contributed by atoms with E-state index < -0.39 is 0 Å². The summed E-state index contributed by atoms with van der Waals surface area (Å²) in [6.07, 6.45) is 0.213. The first-order chi connectivity index (χ1) is 6.24. The lowest BCUT2D eigenvalue weighted by molar-refractivity contribution is 0.138. The maximum Gasteiger partial charge on any atom is 0.129 e. The van der Waals surface area contributed by atoms with Gasteiger partial charge in [-0.25, -0.2) is 0 Å². The normalized spacial score (nSPS) is 12.8. The molecule has 1 atom stereocenters. The van der Waals surface area contributed by atoms with Gasteiger partial charge in [0.15, 0.2) is 0 Å². The molecule has 3 heteroatoms. The fourth-order valence-electron chi connectivity index (χ4n) is 0.854. The fraction of sp³-hybridized carbons (Fsp3) is 0.400. The predicted octanol–water partition coefficient (Wildman–Crippen LogP) is 2.52. The molecule has 0 aromatic heterocycles. The molecule has 1 unspecified atom stereocenters. The van der Waals surface area contributed by atoms with Crippen molar-refractivity contribution in [2.24, 2.45) is 0 Å². The first-order valence-corrected chi connectivity index (χ1v) is 5.16. The van der Waals surface area contributed by atoms with Crippen molar-refractivity contribution >= 4 is 11.8 Å². The second kappa shape index (κ2) is 5.14. The second-order valence-electron chi connectivity index (χ2n) is 2.83. The monoisotopic (exact) mass is 198 g/mol. The van der Waals surface area contributed by atoms with E-state index in [4.69, 9.17) is 4.74 Å². The van der Waals surface area contributed by atoms with E-state index in [1.54, 1.807) is 24.9 Å². The average molecular weight is 198 g/mol. The average Bonchev–Trinajstić information content (AvgIpc) is 2.16. The van der Waals surface area contributed by atoms with Crippen molar-refractivity contribution in [1.29, 1.82) is 0 Å².